The number of rotatable bonds is 8. The molecule has 0 bridgehead atoms. The van der Waals surface area contributed by atoms with Crippen LogP contribution in [0.15, 0.2) is 42.5 Å². The Bertz CT molecular complexity index is 1290. The minimum absolute atomic E-state index is 0.115. The van der Waals surface area contributed by atoms with Gasteiger partial charge in [0.25, 0.3) is 5.69 Å². The molecule has 8 nitrogen and oxygen atoms in total. The Balaban J connectivity index is 1.49. The summed E-state index contributed by atoms with van der Waals surface area (Å²) in [6.07, 6.45) is -3.52. The van der Waals surface area contributed by atoms with Gasteiger partial charge in [-0.2, -0.15) is 18.3 Å². The summed E-state index contributed by atoms with van der Waals surface area (Å²) < 4.78 is 46.5. The first-order valence-corrected chi connectivity index (χ1v) is 11.1. The molecule has 0 radical (unpaired) electrons. The van der Waals surface area contributed by atoms with E-state index in [4.69, 9.17) is 16.3 Å². The number of alkyl halides is 3. The highest BCUT2D eigenvalue weighted by Crippen LogP contribution is 2.47. The topological polar surface area (TPSA) is 99.3 Å². The molecule has 1 fully saturated rings. The van der Waals surface area contributed by atoms with Crippen molar-refractivity contribution in [3.8, 4) is 11.5 Å². The van der Waals surface area contributed by atoms with Crippen molar-refractivity contribution in [3.63, 3.8) is 0 Å². The summed E-state index contributed by atoms with van der Waals surface area (Å²) in [5, 5.41) is 17.1. The van der Waals surface area contributed by atoms with Crippen molar-refractivity contribution in [2.75, 3.05) is 5.32 Å². The molecule has 1 amide bonds. The van der Waals surface area contributed by atoms with Gasteiger partial charge in [-0.3, -0.25) is 19.6 Å². The van der Waals surface area contributed by atoms with Gasteiger partial charge in [-0.15, -0.1) is 0 Å². The molecule has 0 spiro atoms. The third kappa shape index (κ3) is 5.91. The van der Waals surface area contributed by atoms with Crippen LogP contribution in [0, 0.1) is 17.0 Å². The molecule has 0 unspecified atom stereocenters. The van der Waals surface area contributed by atoms with Gasteiger partial charge in [0, 0.05) is 24.5 Å². The number of nitro benzene ring substituents is 1. The minimum atomic E-state index is -4.70. The standard InChI is InChI=1S/C23H20ClF3N4O4/c1-13-3-2-4-17(9-13)35-18-11-15(10-16(12-18)31(33)34)28-19(32)7-8-30-21(14-5-6-14)20(24)22(29-30)23(25,26)27/h2-4,9-12,14H,5-8H2,1H3,(H,28,32). The molecule has 1 aliphatic carbocycles. The van der Waals surface area contributed by atoms with Gasteiger partial charge in [-0.1, -0.05) is 23.7 Å². The molecule has 1 saturated carbocycles. The van der Waals surface area contributed by atoms with Crippen LogP contribution in [-0.2, 0) is 17.5 Å². The molecule has 0 atom stereocenters. The highest BCUT2D eigenvalue weighted by molar-refractivity contribution is 6.32. The van der Waals surface area contributed by atoms with E-state index in [0.29, 0.717) is 18.6 Å². The lowest BCUT2D eigenvalue weighted by molar-refractivity contribution is -0.384. The fourth-order valence-electron chi connectivity index (χ4n) is 3.62. The van der Waals surface area contributed by atoms with E-state index >= 15 is 0 Å². The predicted octanol–water partition coefficient (Wildman–Crippen LogP) is 6.47. The van der Waals surface area contributed by atoms with Crippen molar-refractivity contribution in [1.82, 2.24) is 9.78 Å². The molecule has 4 rings (SSSR count). The summed E-state index contributed by atoms with van der Waals surface area (Å²) in [4.78, 5) is 23.3. The minimum Gasteiger partial charge on any atom is -0.457 e. The zero-order chi connectivity index (χ0) is 25.3. The molecule has 2 aromatic carbocycles. The fraction of sp³-hybridized carbons (Fsp3) is 0.304. The van der Waals surface area contributed by atoms with Crippen molar-refractivity contribution in [1.29, 1.82) is 0 Å². The lowest BCUT2D eigenvalue weighted by atomic mass is 10.2. The Labute approximate surface area is 202 Å². The maximum Gasteiger partial charge on any atom is 0.436 e. The third-order valence-electron chi connectivity index (χ3n) is 5.33. The number of ether oxygens (including phenoxy) is 1. The van der Waals surface area contributed by atoms with Gasteiger partial charge in [-0.05, 0) is 37.5 Å². The van der Waals surface area contributed by atoms with Crippen molar-refractivity contribution in [3.05, 3.63) is 74.6 Å². The highest BCUT2D eigenvalue weighted by atomic mass is 35.5. The maximum atomic E-state index is 13.2. The van der Waals surface area contributed by atoms with Gasteiger partial charge < -0.3 is 10.1 Å². The normalized spacial score (nSPS) is 13.5. The molecule has 184 valence electrons. The van der Waals surface area contributed by atoms with E-state index in [9.17, 15) is 28.1 Å². The summed E-state index contributed by atoms with van der Waals surface area (Å²) in [6.45, 7) is 1.74. The number of hydrogen-bond donors (Lipinski definition) is 1. The second kappa shape index (κ2) is 9.57. The van der Waals surface area contributed by atoms with Gasteiger partial charge in [0.05, 0.1) is 33.9 Å². The number of amides is 1. The molecule has 0 saturated heterocycles. The fourth-order valence-corrected chi connectivity index (χ4v) is 4.01. The smallest absolute Gasteiger partial charge is 0.436 e. The zero-order valence-electron chi connectivity index (χ0n) is 18.4. The average Bonchev–Trinajstić information content (AvgIpc) is 3.53. The summed E-state index contributed by atoms with van der Waals surface area (Å²) in [6, 6.07) is 10.9. The average molecular weight is 509 g/mol. The van der Waals surface area contributed by atoms with Crippen LogP contribution >= 0.6 is 11.6 Å². The Hall–Kier alpha value is -3.60. The van der Waals surface area contributed by atoms with Crippen LogP contribution in [-0.4, -0.2) is 20.6 Å². The molecule has 12 heteroatoms. The van der Waals surface area contributed by atoms with E-state index in [1.807, 2.05) is 13.0 Å². The predicted molar refractivity (Wildman–Crippen MR) is 122 cm³/mol. The van der Waals surface area contributed by atoms with Crippen LogP contribution in [0.2, 0.25) is 5.02 Å². The molecular formula is C23H20ClF3N4O4. The van der Waals surface area contributed by atoms with Crippen molar-refractivity contribution < 1.29 is 27.6 Å². The van der Waals surface area contributed by atoms with Gasteiger partial charge in [0.2, 0.25) is 5.91 Å². The van der Waals surface area contributed by atoms with Crippen molar-refractivity contribution in [2.24, 2.45) is 0 Å². The number of nitrogens with zero attached hydrogens (tertiary/aromatic N) is 3. The van der Waals surface area contributed by atoms with Crippen LogP contribution in [0.25, 0.3) is 0 Å². The number of nitrogens with one attached hydrogen (secondary N) is 1. The zero-order valence-corrected chi connectivity index (χ0v) is 19.2. The van der Waals surface area contributed by atoms with Gasteiger partial charge in [0.1, 0.15) is 11.5 Å². The molecule has 3 aromatic rings. The molecule has 1 heterocycles. The molecule has 1 aromatic heterocycles. The molecule has 1 N–H and O–H groups in total. The first-order chi connectivity index (χ1) is 16.5. The second-order valence-electron chi connectivity index (χ2n) is 8.23. The Kier molecular flexibility index (Phi) is 6.70. The first-order valence-electron chi connectivity index (χ1n) is 10.7. The highest BCUT2D eigenvalue weighted by Gasteiger charge is 2.42. The lowest BCUT2D eigenvalue weighted by Gasteiger charge is -2.11. The van der Waals surface area contributed by atoms with E-state index in [1.165, 1.54) is 18.2 Å². The van der Waals surface area contributed by atoms with Crippen molar-refractivity contribution in [2.45, 2.75) is 44.8 Å². The SMILES string of the molecule is Cc1cccc(Oc2cc(NC(=O)CCn3nc(C(F)(F)F)c(Cl)c3C3CC3)cc([N+](=O)[O-])c2)c1. The van der Waals surface area contributed by atoms with Crippen LogP contribution in [0.1, 0.15) is 42.1 Å². The summed E-state index contributed by atoms with van der Waals surface area (Å²) >= 11 is 5.95. The van der Waals surface area contributed by atoms with E-state index in [2.05, 4.69) is 10.4 Å². The number of halogens is 4. The lowest BCUT2D eigenvalue weighted by Crippen LogP contribution is -2.16. The monoisotopic (exact) mass is 508 g/mol. The summed E-state index contributed by atoms with van der Waals surface area (Å²) in [5.74, 6) is -0.0718. The van der Waals surface area contributed by atoms with Gasteiger partial charge in [0.15, 0.2) is 5.69 Å². The first kappa shape index (κ1) is 24.5. The van der Waals surface area contributed by atoms with E-state index in [-0.39, 0.29) is 41.7 Å². The second-order valence-corrected chi connectivity index (χ2v) is 8.61. The van der Waals surface area contributed by atoms with E-state index < -0.39 is 27.7 Å². The number of aromatic nitrogens is 2. The Morgan fingerprint density at radius 1 is 1.26 bits per heavy atom. The number of anilines is 1. The Morgan fingerprint density at radius 3 is 2.63 bits per heavy atom. The molecule has 35 heavy (non-hydrogen) atoms. The summed E-state index contributed by atoms with van der Waals surface area (Å²) in [5.41, 5.74) is -0.146. The number of aryl methyl sites for hydroxylation is 2. The Morgan fingerprint density at radius 2 is 2.00 bits per heavy atom. The summed E-state index contributed by atoms with van der Waals surface area (Å²) in [7, 11) is 0. The number of carbonyl (C=O) groups excluding carboxylic acids is 1. The number of carbonyl (C=O) groups is 1. The van der Waals surface area contributed by atoms with Crippen LogP contribution in [0.4, 0.5) is 24.5 Å². The number of non-ortho nitro benzene ring substituents is 1. The number of benzene rings is 2. The van der Waals surface area contributed by atoms with Crippen LogP contribution in [0.5, 0.6) is 11.5 Å². The molecule has 0 aliphatic heterocycles. The van der Waals surface area contributed by atoms with E-state index in [1.54, 1.807) is 18.2 Å². The van der Waals surface area contributed by atoms with Crippen LogP contribution < -0.4 is 10.1 Å². The third-order valence-corrected chi connectivity index (χ3v) is 5.70. The molecular weight excluding hydrogens is 489 g/mol. The van der Waals surface area contributed by atoms with Gasteiger partial charge in [-0.25, -0.2) is 0 Å². The molecule has 1 aliphatic rings. The number of hydrogen-bond acceptors (Lipinski definition) is 5. The number of nitro groups is 1. The quantitative estimate of drug-likeness (QED) is 0.277. The van der Waals surface area contributed by atoms with Crippen LogP contribution in [0.3, 0.4) is 0 Å². The van der Waals surface area contributed by atoms with E-state index in [0.717, 1.165) is 10.2 Å². The maximum absolute atomic E-state index is 13.2. The largest absolute Gasteiger partial charge is 0.457 e. The van der Waals surface area contributed by atoms with Crippen molar-refractivity contribution >= 4 is 28.9 Å². The van der Waals surface area contributed by atoms with Gasteiger partial charge >= 0.3 is 6.18 Å².